The van der Waals surface area contributed by atoms with Gasteiger partial charge in [-0.1, -0.05) is 27.7 Å². The molecule has 0 radical (unpaired) electrons. The Labute approximate surface area is 246 Å². The molecule has 1 aliphatic heterocycles. The predicted molar refractivity (Wildman–Crippen MR) is 162 cm³/mol. The predicted octanol–water partition coefficient (Wildman–Crippen LogP) is 7.30. The van der Waals surface area contributed by atoms with Crippen molar-refractivity contribution in [2.45, 2.75) is 85.0 Å². The number of piperidine rings is 1. The fraction of sp³-hybridized carbons (Fsp3) is 0.600. The molecule has 0 unspecified atom stereocenters. The number of esters is 1. The molecule has 0 atom stereocenters. The normalized spacial score (nSPS) is 18.1. The summed E-state index contributed by atoms with van der Waals surface area (Å²) in [6, 6.07) is 7.26. The first-order valence-corrected chi connectivity index (χ1v) is 15.5. The molecule has 1 amide bonds. The Kier molecular flexibility index (Phi) is 11.7. The minimum absolute atomic E-state index is 0.137. The van der Waals surface area contributed by atoms with Crippen molar-refractivity contribution in [3.63, 3.8) is 0 Å². The molecule has 8 nitrogen and oxygen atoms in total. The van der Waals surface area contributed by atoms with E-state index in [1.54, 1.807) is 24.0 Å². The van der Waals surface area contributed by atoms with Crippen molar-refractivity contribution in [3.05, 3.63) is 41.6 Å². The summed E-state index contributed by atoms with van der Waals surface area (Å²) in [6.45, 7) is 11.0. The summed E-state index contributed by atoms with van der Waals surface area (Å²) in [5.74, 6) is -2.21. The van der Waals surface area contributed by atoms with Crippen LogP contribution in [0.3, 0.4) is 0 Å². The van der Waals surface area contributed by atoms with Crippen LogP contribution in [0.25, 0.3) is 0 Å². The molecule has 2 aromatic rings. The molecule has 2 aliphatic rings. The van der Waals surface area contributed by atoms with Gasteiger partial charge in [0.05, 0.1) is 6.61 Å². The Morgan fingerprint density at radius 1 is 1.10 bits per heavy atom. The Balaban J connectivity index is 0.00000226. The van der Waals surface area contributed by atoms with Crippen molar-refractivity contribution in [1.29, 1.82) is 0 Å². The number of ether oxygens (including phenoxy) is 1. The molecule has 41 heavy (non-hydrogen) atoms. The lowest BCUT2D eigenvalue weighted by Gasteiger charge is -2.35. The number of nitrogens with one attached hydrogen (secondary N) is 2. The van der Waals surface area contributed by atoms with Gasteiger partial charge < -0.3 is 14.4 Å². The molecule has 2 heterocycles. The van der Waals surface area contributed by atoms with Gasteiger partial charge in [0, 0.05) is 43.4 Å². The van der Waals surface area contributed by atoms with Gasteiger partial charge in [0.2, 0.25) is 5.95 Å². The van der Waals surface area contributed by atoms with E-state index >= 15 is 0 Å². The van der Waals surface area contributed by atoms with E-state index in [-0.39, 0.29) is 60.8 Å². The molecule has 0 bridgehead atoms. The van der Waals surface area contributed by atoms with E-state index in [9.17, 15) is 18.4 Å². The highest BCUT2D eigenvalue weighted by Crippen LogP contribution is 2.44. The summed E-state index contributed by atoms with van der Waals surface area (Å²) < 4.78 is 35.4. The van der Waals surface area contributed by atoms with Gasteiger partial charge in [0.25, 0.3) is 11.8 Å². The van der Waals surface area contributed by atoms with Crippen molar-refractivity contribution < 1.29 is 23.1 Å². The summed E-state index contributed by atoms with van der Waals surface area (Å²) in [5.41, 5.74) is 2.57. The number of nitrogens with zero attached hydrogens (tertiary/aromatic N) is 3. The van der Waals surface area contributed by atoms with Gasteiger partial charge in [0.1, 0.15) is 11.6 Å². The van der Waals surface area contributed by atoms with Crippen LogP contribution in [0.4, 0.5) is 26.2 Å². The van der Waals surface area contributed by atoms with Crippen LogP contribution < -0.4 is 14.9 Å². The maximum Gasteiger partial charge on any atom is 0.317 e. The van der Waals surface area contributed by atoms with E-state index in [1.165, 1.54) is 18.1 Å². The first-order chi connectivity index (χ1) is 19.5. The number of aromatic nitrogens is 2. The first-order valence-electron chi connectivity index (χ1n) is 14.5. The molecule has 1 aromatic carbocycles. The Morgan fingerprint density at radius 2 is 1.78 bits per heavy atom. The van der Waals surface area contributed by atoms with E-state index in [0.717, 1.165) is 36.9 Å². The number of benzene rings is 1. The number of alkyl halides is 2. The second kappa shape index (κ2) is 14.8. The molecular formula is C30H43F2N5O3S. The van der Waals surface area contributed by atoms with Crippen molar-refractivity contribution in [2.75, 3.05) is 40.4 Å². The van der Waals surface area contributed by atoms with E-state index in [4.69, 9.17) is 4.74 Å². The highest BCUT2D eigenvalue weighted by molar-refractivity contribution is 8.01. The summed E-state index contributed by atoms with van der Waals surface area (Å²) in [7, 11) is 0. The summed E-state index contributed by atoms with van der Waals surface area (Å²) in [4.78, 5) is 35.6. The van der Waals surface area contributed by atoms with Gasteiger partial charge >= 0.3 is 5.97 Å². The van der Waals surface area contributed by atoms with Crippen LogP contribution in [0.1, 0.15) is 95.0 Å². The Bertz CT molecular complexity index is 1160. The zero-order valence-corrected chi connectivity index (χ0v) is 25.6. The highest BCUT2D eigenvalue weighted by atomic mass is 32.2. The molecule has 1 saturated carbocycles. The molecule has 0 spiro atoms. The average Bonchev–Trinajstić information content (AvgIpc) is 2.94. The molecular weight excluding hydrogens is 548 g/mol. The maximum atomic E-state index is 13.6. The summed E-state index contributed by atoms with van der Waals surface area (Å²) in [5, 5.41) is 2.82. The van der Waals surface area contributed by atoms with Crippen LogP contribution in [-0.4, -0.2) is 53.2 Å². The van der Waals surface area contributed by atoms with Gasteiger partial charge in [-0.2, -0.15) is 4.98 Å². The number of hydrogen-bond donors (Lipinski definition) is 2. The fourth-order valence-corrected chi connectivity index (χ4v) is 5.65. The van der Waals surface area contributed by atoms with E-state index < -0.39 is 5.92 Å². The van der Waals surface area contributed by atoms with Crippen LogP contribution in [0.2, 0.25) is 0 Å². The van der Waals surface area contributed by atoms with Gasteiger partial charge in [-0.25, -0.2) is 13.8 Å². The van der Waals surface area contributed by atoms with Crippen molar-refractivity contribution in [3.8, 4) is 0 Å². The quantitative estimate of drug-likeness (QED) is 0.232. The molecule has 4 rings (SSSR count). The van der Waals surface area contributed by atoms with Crippen LogP contribution in [0, 0.1) is 5.41 Å². The van der Waals surface area contributed by atoms with Crippen molar-refractivity contribution in [1.82, 2.24) is 9.97 Å². The standard InChI is InChI=1S/C28H37F2N5O3S.C2H6/c1-4-38-24(36)18-39-34-20-5-6-21(22(17-20)19-7-10-27(2,3)11-8-19)25(37)33-26-31-14-9-23(32-26)35-15-12-28(29,30)13-16-35;1-2/h5-6,9,14,17,19,34H,4,7-8,10-13,15-16,18H2,1-3H3,(H,31,32,33,37);1-2H3. The third kappa shape index (κ3) is 9.55. The molecule has 226 valence electrons. The van der Waals surface area contributed by atoms with Crippen LogP contribution in [0.15, 0.2) is 30.5 Å². The second-order valence-electron chi connectivity index (χ2n) is 11.0. The average molecular weight is 592 g/mol. The highest BCUT2D eigenvalue weighted by Gasteiger charge is 2.34. The minimum atomic E-state index is -2.65. The lowest BCUT2D eigenvalue weighted by molar-refractivity contribution is -0.139. The molecule has 1 aliphatic carbocycles. The second-order valence-corrected chi connectivity index (χ2v) is 11.8. The van der Waals surface area contributed by atoms with Crippen LogP contribution in [0.5, 0.6) is 0 Å². The topological polar surface area (TPSA) is 96.4 Å². The molecule has 2 fully saturated rings. The third-order valence-electron chi connectivity index (χ3n) is 7.45. The number of rotatable bonds is 9. The minimum Gasteiger partial charge on any atom is -0.465 e. The molecule has 1 saturated heterocycles. The van der Waals surface area contributed by atoms with Gasteiger partial charge in [-0.3, -0.25) is 14.9 Å². The van der Waals surface area contributed by atoms with E-state index in [0.29, 0.717) is 18.0 Å². The smallest absolute Gasteiger partial charge is 0.317 e. The summed E-state index contributed by atoms with van der Waals surface area (Å²) in [6.07, 6.45) is 5.15. The number of hydrogen-bond acceptors (Lipinski definition) is 8. The fourth-order valence-electron chi connectivity index (χ4n) is 5.08. The van der Waals surface area contributed by atoms with Gasteiger partial charge in [-0.15, -0.1) is 0 Å². The van der Waals surface area contributed by atoms with Crippen molar-refractivity contribution in [2.24, 2.45) is 5.41 Å². The van der Waals surface area contributed by atoms with E-state index in [2.05, 4.69) is 33.9 Å². The monoisotopic (exact) mass is 591 g/mol. The molecule has 1 aromatic heterocycles. The largest absolute Gasteiger partial charge is 0.465 e. The van der Waals surface area contributed by atoms with Crippen LogP contribution in [-0.2, 0) is 9.53 Å². The number of halogens is 2. The van der Waals surface area contributed by atoms with E-state index in [1.807, 2.05) is 26.0 Å². The third-order valence-corrected chi connectivity index (χ3v) is 8.21. The number of carbonyl (C=O) groups excluding carboxylic acids is 2. The number of carbonyl (C=O) groups is 2. The lowest BCUT2D eigenvalue weighted by atomic mass is 9.70. The molecule has 2 N–H and O–H groups in total. The zero-order chi connectivity index (χ0) is 30.0. The first kappa shape index (κ1) is 32.6. The number of amides is 1. The zero-order valence-electron chi connectivity index (χ0n) is 24.8. The lowest BCUT2D eigenvalue weighted by Crippen LogP contribution is -2.39. The van der Waals surface area contributed by atoms with Gasteiger partial charge in [-0.05, 0) is 85.7 Å². The number of anilines is 3. The molecule has 11 heteroatoms. The van der Waals surface area contributed by atoms with Crippen molar-refractivity contribution >= 4 is 41.3 Å². The SMILES string of the molecule is CC.CCOC(=O)CSNc1ccc(C(=O)Nc2nccc(N3CCC(F)(F)CC3)n2)c(C2CCC(C)(C)CC2)c1. The summed E-state index contributed by atoms with van der Waals surface area (Å²) >= 11 is 1.24. The Morgan fingerprint density at radius 3 is 2.44 bits per heavy atom. The van der Waals surface area contributed by atoms with Crippen LogP contribution >= 0.6 is 11.9 Å². The maximum absolute atomic E-state index is 13.6. The Hall–Kier alpha value is -2.95. The van der Waals surface area contributed by atoms with Gasteiger partial charge in [0.15, 0.2) is 0 Å².